The number of hydrogen-bond acceptors (Lipinski definition) is 2. The number of furan rings is 2. The summed E-state index contributed by atoms with van der Waals surface area (Å²) in [5.41, 5.74) is 0. The lowest BCUT2D eigenvalue weighted by atomic mass is 10.3. The van der Waals surface area contributed by atoms with Crippen molar-refractivity contribution in [3.8, 4) is 0 Å². The second-order valence-corrected chi connectivity index (χ2v) is 2.28. The quantitative estimate of drug-likeness (QED) is 0.673. The number of rotatable bonds is 2. The molecule has 0 atom stereocenters. The lowest BCUT2D eigenvalue weighted by molar-refractivity contribution is 0.543. The van der Waals surface area contributed by atoms with Gasteiger partial charge in [-0.2, -0.15) is 0 Å². The van der Waals surface area contributed by atoms with E-state index in [1.807, 2.05) is 24.3 Å². The van der Waals surface area contributed by atoms with E-state index in [1.54, 1.807) is 18.6 Å². The molecular formula is C10H7O2. The summed E-state index contributed by atoms with van der Waals surface area (Å²) in [5, 5.41) is 0. The van der Waals surface area contributed by atoms with E-state index in [-0.39, 0.29) is 0 Å². The van der Waals surface area contributed by atoms with Gasteiger partial charge in [-0.25, -0.2) is 0 Å². The Morgan fingerprint density at radius 1 is 1.08 bits per heavy atom. The Hall–Kier alpha value is -1.70. The van der Waals surface area contributed by atoms with Crippen molar-refractivity contribution in [3.05, 3.63) is 54.4 Å². The van der Waals surface area contributed by atoms with Crippen molar-refractivity contribution in [2.45, 2.75) is 0 Å². The Morgan fingerprint density at radius 2 is 1.92 bits per heavy atom. The molecule has 2 heterocycles. The molecule has 2 aromatic rings. The summed E-state index contributed by atoms with van der Waals surface area (Å²) in [4.78, 5) is 0. The second kappa shape index (κ2) is 3.13. The van der Waals surface area contributed by atoms with Crippen molar-refractivity contribution in [1.82, 2.24) is 0 Å². The highest BCUT2D eigenvalue weighted by Crippen LogP contribution is 2.06. The van der Waals surface area contributed by atoms with E-state index in [4.69, 9.17) is 8.83 Å². The monoisotopic (exact) mass is 159 g/mol. The summed E-state index contributed by atoms with van der Waals surface area (Å²) >= 11 is 0. The average molecular weight is 159 g/mol. The van der Waals surface area contributed by atoms with E-state index in [0.29, 0.717) is 5.76 Å². The van der Waals surface area contributed by atoms with E-state index >= 15 is 0 Å². The Morgan fingerprint density at radius 3 is 2.58 bits per heavy atom. The lowest BCUT2D eigenvalue weighted by Crippen LogP contribution is -1.64. The van der Waals surface area contributed by atoms with Crippen LogP contribution in [0.25, 0.3) is 6.08 Å². The average Bonchev–Trinajstić information content (AvgIpc) is 2.74. The van der Waals surface area contributed by atoms with Crippen molar-refractivity contribution < 1.29 is 8.83 Å². The van der Waals surface area contributed by atoms with Gasteiger partial charge in [0.25, 0.3) is 0 Å². The van der Waals surface area contributed by atoms with E-state index in [0.717, 1.165) is 5.76 Å². The third-order valence-corrected chi connectivity index (χ3v) is 1.42. The molecule has 0 N–H and O–H groups in total. The van der Waals surface area contributed by atoms with Crippen LogP contribution >= 0.6 is 0 Å². The third-order valence-electron chi connectivity index (χ3n) is 1.42. The van der Waals surface area contributed by atoms with Gasteiger partial charge in [-0.05, 0) is 30.3 Å². The zero-order valence-electron chi connectivity index (χ0n) is 6.36. The van der Waals surface area contributed by atoms with Gasteiger partial charge in [-0.15, -0.1) is 0 Å². The minimum Gasteiger partial charge on any atom is -0.465 e. The van der Waals surface area contributed by atoms with E-state index in [2.05, 4.69) is 6.08 Å². The van der Waals surface area contributed by atoms with Crippen LogP contribution in [0.3, 0.4) is 0 Å². The molecule has 0 bridgehead atoms. The molecule has 0 fully saturated rings. The normalized spacial score (nSPS) is 11.0. The molecule has 2 rings (SSSR count). The van der Waals surface area contributed by atoms with Gasteiger partial charge in [-0.1, -0.05) is 0 Å². The van der Waals surface area contributed by atoms with E-state index in [1.165, 1.54) is 0 Å². The van der Waals surface area contributed by atoms with Crippen molar-refractivity contribution in [2.75, 3.05) is 0 Å². The van der Waals surface area contributed by atoms with Gasteiger partial charge >= 0.3 is 0 Å². The summed E-state index contributed by atoms with van der Waals surface area (Å²) in [6, 6.07) is 7.34. The van der Waals surface area contributed by atoms with Crippen LogP contribution in [0.2, 0.25) is 0 Å². The van der Waals surface area contributed by atoms with Crippen molar-refractivity contribution in [2.24, 2.45) is 0 Å². The fourth-order valence-electron chi connectivity index (χ4n) is 0.876. The van der Waals surface area contributed by atoms with Crippen LogP contribution in [0.4, 0.5) is 0 Å². The number of hydrogen-bond donors (Lipinski definition) is 0. The molecule has 2 nitrogen and oxygen atoms in total. The molecule has 0 unspecified atom stereocenters. The first-order chi connectivity index (χ1) is 5.95. The molecule has 1 radical (unpaired) electrons. The Kier molecular flexibility index (Phi) is 1.82. The largest absolute Gasteiger partial charge is 0.465 e. The minimum atomic E-state index is 0.700. The molecule has 0 saturated heterocycles. The van der Waals surface area contributed by atoms with Crippen LogP contribution < -0.4 is 0 Å². The highest BCUT2D eigenvalue weighted by molar-refractivity contribution is 5.42. The minimum absolute atomic E-state index is 0.700. The summed E-state index contributed by atoms with van der Waals surface area (Å²) in [5.74, 6) is 1.47. The molecule has 0 amide bonds. The van der Waals surface area contributed by atoms with Gasteiger partial charge in [0.2, 0.25) is 0 Å². The predicted molar refractivity (Wildman–Crippen MR) is 44.2 cm³/mol. The maximum atomic E-state index is 5.07. The summed E-state index contributed by atoms with van der Waals surface area (Å²) in [6.45, 7) is 0. The molecule has 59 valence electrons. The molecule has 0 aliphatic carbocycles. The molecule has 0 aliphatic heterocycles. The second-order valence-electron chi connectivity index (χ2n) is 2.28. The van der Waals surface area contributed by atoms with Crippen LogP contribution in [-0.2, 0) is 0 Å². The predicted octanol–water partition coefficient (Wildman–Crippen LogP) is 2.74. The Balaban J connectivity index is 2.14. The molecule has 0 saturated carbocycles. The van der Waals surface area contributed by atoms with Gasteiger partial charge in [0, 0.05) is 6.08 Å². The standard InChI is InChI=1S/C10H7O2/c1-3-9(11-7-1)5-6-10-4-2-8-12-10/h1-5,7-8H. The van der Waals surface area contributed by atoms with Crippen LogP contribution in [0.5, 0.6) is 0 Å². The summed E-state index contributed by atoms with van der Waals surface area (Å²) in [6.07, 6.45) is 7.91. The molecule has 2 heteroatoms. The lowest BCUT2D eigenvalue weighted by Gasteiger charge is -1.81. The highest BCUT2D eigenvalue weighted by Gasteiger charge is 1.90. The molecule has 12 heavy (non-hydrogen) atoms. The maximum absolute atomic E-state index is 5.07. The third kappa shape index (κ3) is 1.48. The highest BCUT2D eigenvalue weighted by atomic mass is 16.3. The van der Waals surface area contributed by atoms with Crippen LogP contribution in [-0.4, -0.2) is 0 Å². The summed E-state index contributed by atoms with van der Waals surface area (Å²) in [7, 11) is 0. The van der Waals surface area contributed by atoms with Crippen LogP contribution in [0.1, 0.15) is 11.5 Å². The topological polar surface area (TPSA) is 26.3 Å². The smallest absolute Gasteiger partial charge is 0.134 e. The van der Waals surface area contributed by atoms with Crippen LogP contribution in [0.15, 0.2) is 45.6 Å². The first-order valence-electron chi connectivity index (χ1n) is 3.62. The van der Waals surface area contributed by atoms with Gasteiger partial charge in [0.15, 0.2) is 0 Å². The van der Waals surface area contributed by atoms with Gasteiger partial charge in [0.05, 0.1) is 12.5 Å². The zero-order chi connectivity index (χ0) is 8.23. The first-order valence-corrected chi connectivity index (χ1v) is 3.62. The van der Waals surface area contributed by atoms with Gasteiger partial charge < -0.3 is 8.83 Å². The van der Waals surface area contributed by atoms with Crippen molar-refractivity contribution in [3.63, 3.8) is 0 Å². The van der Waals surface area contributed by atoms with E-state index < -0.39 is 0 Å². The van der Waals surface area contributed by atoms with E-state index in [9.17, 15) is 0 Å². The van der Waals surface area contributed by atoms with Crippen molar-refractivity contribution >= 4 is 6.08 Å². The molecular weight excluding hydrogens is 152 g/mol. The van der Waals surface area contributed by atoms with Gasteiger partial charge in [-0.3, -0.25) is 0 Å². The molecule has 0 aliphatic rings. The van der Waals surface area contributed by atoms with Crippen molar-refractivity contribution in [1.29, 1.82) is 0 Å². The fraction of sp³-hybridized carbons (Fsp3) is 0. The zero-order valence-corrected chi connectivity index (χ0v) is 6.36. The molecule has 0 spiro atoms. The SMILES string of the molecule is [C](=C\c1ccco1)/c1ccco1. The molecule has 0 aromatic carbocycles. The van der Waals surface area contributed by atoms with Crippen LogP contribution in [0, 0.1) is 6.08 Å². The molecule has 2 aromatic heterocycles. The first kappa shape index (κ1) is 6.98. The fourth-order valence-corrected chi connectivity index (χ4v) is 0.876. The van der Waals surface area contributed by atoms with Gasteiger partial charge in [0.1, 0.15) is 11.5 Å². The maximum Gasteiger partial charge on any atom is 0.134 e. The Labute approximate surface area is 70.1 Å². The Bertz CT molecular complexity index is 305. The summed E-state index contributed by atoms with van der Waals surface area (Å²) < 4.78 is 10.1.